The van der Waals surface area contributed by atoms with Crippen molar-refractivity contribution in [2.45, 2.75) is 25.2 Å². The molecule has 12 rings (SSSR count). The zero-order valence-corrected chi connectivity index (χ0v) is 31.8. The molecule has 2 aliphatic rings. The summed E-state index contributed by atoms with van der Waals surface area (Å²) in [5, 5.41) is 14.9. The number of hydrogen-bond donors (Lipinski definition) is 2. The molecule has 1 aliphatic heterocycles. The predicted octanol–water partition coefficient (Wildman–Crippen LogP) is 11.3. The van der Waals surface area contributed by atoms with E-state index in [2.05, 4.69) is 185 Å². The monoisotopic (exact) mass is 752 g/mol. The zero-order valence-electron chi connectivity index (χ0n) is 30.9. The van der Waals surface area contributed by atoms with Crippen molar-refractivity contribution in [2.24, 2.45) is 4.99 Å². The normalized spacial score (nSPS) is 16.9. The minimum absolute atomic E-state index is 0.0740. The Labute approximate surface area is 332 Å². The maximum Gasteiger partial charge on any atom is 0.159 e. The molecule has 0 amide bonds. The van der Waals surface area contributed by atoms with Gasteiger partial charge in [0.15, 0.2) is 5.58 Å². The van der Waals surface area contributed by atoms with E-state index >= 15 is 0 Å². The summed E-state index contributed by atoms with van der Waals surface area (Å²) in [6.45, 7) is 0. The van der Waals surface area contributed by atoms with Crippen LogP contribution in [0.5, 0.6) is 0 Å². The lowest BCUT2D eigenvalue weighted by atomic mass is 9.94. The van der Waals surface area contributed by atoms with Crippen LogP contribution in [-0.4, -0.2) is 10.4 Å². The van der Waals surface area contributed by atoms with E-state index in [0.29, 0.717) is 0 Å². The van der Waals surface area contributed by atoms with E-state index in [-0.39, 0.29) is 12.3 Å². The maximum absolute atomic E-state index is 6.90. The quantitative estimate of drug-likeness (QED) is 0.184. The van der Waals surface area contributed by atoms with Gasteiger partial charge in [-0.2, -0.15) is 0 Å². The lowest BCUT2D eigenvalue weighted by Crippen LogP contribution is -2.46. The van der Waals surface area contributed by atoms with Gasteiger partial charge in [0.05, 0.1) is 16.7 Å². The molecule has 3 aromatic heterocycles. The Balaban J connectivity index is 1.06. The van der Waals surface area contributed by atoms with Gasteiger partial charge in [-0.3, -0.25) is 5.32 Å². The van der Waals surface area contributed by atoms with Crippen LogP contribution in [0.3, 0.4) is 0 Å². The third kappa shape index (κ3) is 5.08. The molecule has 10 aromatic rings. The average molecular weight is 753 g/mol. The van der Waals surface area contributed by atoms with Crippen LogP contribution in [-0.2, 0) is 0 Å². The fourth-order valence-electron chi connectivity index (χ4n) is 9.27. The van der Waals surface area contributed by atoms with Crippen LogP contribution >= 0.6 is 11.3 Å². The van der Waals surface area contributed by atoms with E-state index in [1.165, 1.54) is 63.9 Å². The summed E-state index contributed by atoms with van der Waals surface area (Å²) in [5.41, 5.74) is 11.2. The molecule has 4 heterocycles. The van der Waals surface area contributed by atoms with E-state index in [1.54, 1.807) is 0 Å². The summed E-state index contributed by atoms with van der Waals surface area (Å²) in [6, 6.07) is 58.4. The molecule has 0 bridgehead atoms. The number of furan rings is 1. The third-order valence-electron chi connectivity index (χ3n) is 11.8. The van der Waals surface area contributed by atoms with Gasteiger partial charge in [0, 0.05) is 41.7 Å². The number of aliphatic imine (C=N–C) groups is 1. The molecule has 2 atom stereocenters. The van der Waals surface area contributed by atoms with Gasteiger partial charge in [-0.25, -0.2) is 4.99 Å². The van der Waals surface area contributed by atoms with Gasteiger partial charge in [0.25, 0.3) is 0 Å². The van der Waals surface area contributed by atoms with E-state index in [0.717, 1.165) is 51.9 Å². The van der Waals surface area contributed by atoms with E-state index < -0.39 is 0 Å². The average Bonchev–Trinajstić information content (AvgIpc) is 3.97. The molecule has 2 N–H and O–H groups in total. The number of rotatable bonds is 5. The number of amidine groups is 1. The number of benzene rings is 7. The molecule has 7 aromatic carbocycles. The Kier molecular flexibility index (Phi) is 7.37. The molecule has 6 heteroatoms. The molecule has 0 fully saturated rings. The van der Waals surface area contributed by atoms with Crippen molar-refractivity contribution < 1.29 is 4.42 Å². The molecule has 0 saturated carbocycles. The van der Waals surface area contributed by atoms with Gasteiger partial charge in [-0.1, -0.05) is 140 Å². The maximum atomic E-state index is 6.90. The topological polar surface area (TPSA) is 54.5 Å². The summed E-state index contributed by atoms with van der Waals surface area (Å²) in [7, 11) is 0. The molecule has 57 heavy (non-hydrogen) atoms. The fourth-order valence-corrected chi connectivity index (χ4v) is 10.6. The highest BCUT2D eigenvalue weighted by molar-refractivity contribution is 7.17. The molecule has 1 aliphatic carbocycles. The number of para-hydroxylation sites is 3. The highest BCUT2D eigenvalue weighted by atomic mass is 32.1. The highest BCUT2D eigenvalue weighted by Gasteiger charge is 2.28. The van der Waals surface area contributed by atoms with Crippen LogP contribution < -0.4 is 20.4 Å². The first-order valence-electron chi connectivity index (χ1n) is 19.7. The van der Waals surface area contributed by atoms with Crippen molar-refractivity contribution >= 4 is 82.7 Å². The van der Waals surface area contributed by atoms with Gasteiger partial charge in [-0.15, -0.1) is 11.3 Å². The lowest BCUT2D eigenvalue weighted by Gasteiger charge is -2.33. The number of hydrogen-bond acceptors (Lipinski definition) is 5. The second-order valence-corrected chi connectivity index (χ2v) is 16.0. The van der Waals surface area contributed by atoms with Crippen LogP contribution in [0, 0.1) is 0 Å². The first kappa shape index (κ1) is 32.5. The molecule has 0 radical (unpaired) electrons. The van der Waals surface area contributed by atoms with Gasteiger partial charge in [0.1, 0.15) is 23.8 Å². The van der Waals surface area contributed by atoms with Crippen molar-refractivity contribution in [1.82, 2.24) is 15.2 Å². The summed E-state index contributed by atoms with van der Waals surface area (Å²) in [6.07, 6.45) is 4.08. The van der Waals surface area contributed by atoms with Crippen LogP contribution in [0.2, 0.25) is 0 Å². The van der Waals surface area contributed by atoms with E-state index in [4.69, 9.17) is 9.41 Å². The predicted molar refractivity (Wildman–Crippen MR) is 237 cm³/mol. The Morgan fingerprint density at radius 3 is 2.04 bits per heavy atom. The highest BCUT2D eigenvalue weighted by Crippen LogP contribution is 2.42. The number of aromatic nitrogens is 1. The molecule has 0 saturated heterocycles. The van der Waals surface area contributed by atoms with Crippen molar-refractivity contribution in [3.8, 4) is 16.8 Å². The van der Waals surface area contributed by atoms with Crippen molar-refractivity contribution in [2.75, 3.05) is 0 Å². The summed E-state index contributed by atoms with van der Waals surface area (Å²) >= 11 is 1.88. The summed E-state index contributed by atoms with van der Waals surface area (Å²) in [5.74, 6) is 0.972. The number of fused-ring (bicyclic) bond motifs is 9. The Morgan fingerprint density at radius 2 is 1.26 bits per heavy atom. The SMILES string of the molecule is C1=c2c(sc3cccc(-c4cccc5oc6c(-n7c8ccccc8c8ccccc87)cccc6c45)c23)=C(C2=NC(c3ccccc3)NC(c3ccccc3)N2)CC1. The Hall–Kier alpha value is -6.73. The van der Waals surface area contributed by atoms with Crippen LogP contribution in [0.4, 0.5) is 0 Å². The van der Waals surface area contributed by atoms with Crippen molar-refractivity contribution in [3.63, 3.8) is 0 Å². The first-order valence-corrected chi connectivity index (χ1v) is 20.5. The zero-order chi connectivity index (χ0) is 37.5. The number of nitrogens with zero attached hydrogens (tertiary/aromatic N) is 2. The first-order chi connectivity index (χ1) is 28.3. The molecular weight excluding hydrogens is 717 g/mol. The van der Waals surface area contributed by atoms with Gasteiger partial charge in [-0.05, 0) is 70.6 Å². The minimum Gasteiger partial charge on any atom is -0.454 e. The third-order valence-corrected chi connectivity index (χ3v) is 13.0. The molecule has 2 unspecified atom stereocenters. The van der Waals surface area contributed by atoms with Gasteiger partial charge in [0.2, 0.25) is 0 Å². The van der Waals surface area contributed by atoms with Gasteiger partial charge >= 0.3 is 0 Å². The smallest absolute Gasteiger partial charge is 0.159 e. The van der Waals surface area contributed by atoms with Crippen LogP contribution in [0.25, 0.3) is 82.3 Å². The second-order valence-electron chi connectivity index (χ2n) is 15.0. The molecule has 272 valence electrons. The summed E-state index contributed by atoms with van der Waals surface area (Å²) < 4.78 is 11.8. The Morgan fingerprint density at radius 1 is 0.614 bits per heavy atom. The van der Waals surface area contributed by atoms with E-state index in [1.807, 2.05) is 11.3 Å². The lowest BCUT2D eigenvalue weighted by molar-refractivity contribution is 0.410. The Bertz CT molecular complexity index is 3320. The van der Waals surface area contributed by atoms with Crippen molar-refractivity contribution in [3.05, 3.63) is 185 Å². The number of thiophene rings is 1. The van der Waals surface area contributed by atoms with Crippen LogP contribution in [0.15, 0.2) is 173 Å². The largest absolute Gasteiger partial charge is 0.454 e. The standard InChI is InChI=1S/C51H36N4OS/c1-3-15-31(16-4-1)49-52-50(32-17-5-2-6-18-32)54-51(53-49)39-25-11-24-38-46-36(22-14-30-44(46)57-48(38)39)35-21-13-29-43-45(35)37-23-12-28-42(47(37)56-43)55-40-26-9-7-19-33(40)34-20-8-10-27-41(34)55/h1-10,12-24,26-30,49-50,52H,11,25H2,(H,53,54). The van der Waals surface area contributed by atoms with Crippen molar-refractivity contribution in [1.29, 1.82) is 0 Å². The van der Waals surface area contributed by atoms with Crippen LogP contribution in [0.1, 0.15) is 36.3 Å². The van der Waals surface area contributed by atoms with Gasteiger partial charge < -0.3 is 14.3 Å². The second kappa shape index (κ2) is 12.9. The van der Waals surface area contributed by atoms with E-state index in [9.17, 15) is 0 Å². The molecule has 5 nitrogen and oxygen atoms in total. The fraction of sp³-hybridized carbons (Fsp3) is 0.0784. The summed E-state index contributed by atoms with van der Waals surface area (Å²) in [4.78, 5) is 5.37. The minimum atomic E-state index is -0.168. The molecular formula is C51H36N4OS. The number of nitrogens with one attached hydrogen (secondary N) is 2. The molecule has 0 spiro atoms.